The molecule has 3 heterocycles. The first kappa shape index (κ1) is 17.3. The van der Waals surface area contributed by atoms with Crippen LogP contribution in [0.25, 0.3) is 11.4 Å². The second kappa shape index (κ2) is 6.90. The lowest BCUT2D eigenvalue weighted by molar-refractivity contribution is 0.0710. The van der Waals surface area contributed by atoms with Gasteiger partial charge in [0.25, 0.3) is 5.91 Å². The molecule has 0 aliphatic carbocycles. The van der Waals surface area contributed by atoms with Gasteiger partial charge in [-0.3, -0.25) is 4.79 Å². The van der Waals surface area contributed by atoms with E-state index in [0.717, 1.165) is 18.4 Å². The van der Waals surface area contributed by atoms with E-state index in [0.29, 0.717) is 29.6 Å². The van der Waals surface area contributed by atoms with Crippen molar-refractivity contribution in [3.63, 3.8) is 0 Å². The molecule has 3 aromatic rings. The number of aromatic nitrogens is 6. The summed E-state index contributed by atoms with van der Waals surface area (Å²) in [5, 5.41) is 16.0. The summed E-state index contributed by atoms with van der Waals surface area (Å²) in [7, 11) is 1.71. The standard InChI is InChI=1S/C18H21N7O2/c1-11(2)15-19-17(27-22-15)14-5-4-10-25(14)18(26)13-8-6-12(7-9-13)16-20-23-24(3)21-16/h6-9,11,14H,4-5,10H2,1-3H3. The Morgan fingerprint density at radius 2 is 2.04 bits per heavy atom. The van der Waals surface area contributed by atoms with Crippen molar-refractivity contribution in [2.45, 2.75) is 38.6 Å². The predicted molar refractivity (Wildman–Crippen MR) is 95.6 cm³/mol. The van der Waals surface area contributed by atoms with Gasteiger partial charge >= 0.3 is 0 Å². The first-order valence-electron chi connectivity index (χ1n) is 9.02. The van der Waals surface area contributed by atoms with Crippen molar-refractivity contribution in [2.75, 3.05) is 6.54 Å². The maximum Gasteiger partial charge on any atom is 0.254 e. The fourth-order valence-corrected chi connectivity index (χ4v) is 3.21. The number of tetrazole rings is 1. The van der Waals surface area contributed by atoms with E-state index in [-0.39, 0.29) is 17.9 Å². The van der Waals surface area contributed by atoms with Gasteiger partial charge in [-0.25, -0.2) is 0 Å². The van der Waals surface area contributed by atoms with E-state index in [1.165, 1.54) is 4.80 Å². The number of carbonyl (C=O) groups excluding carboxylic acids is 1. The van der Waals surface area contributed by atoms with E-state index in [4.69, 9.17) is 4.52 Å². The molecule has 1 atom stereocenters. The van der Waals surface area contributed by atoms with Crippen LogP contribution in [-0.2, 0) is 7.05 Å². The van der Waals surface area contributed by atoms with Gasteiger partial charge in [-0.2, -0.15) is 9.78 Å². The topological polar surface area (TPSA) is 103 Å². The molecule has 1 aliphatic rings. The van der Waals surface area contributed by atoms with E-state index in [1.807, 2.05) is 30.9 Å². The Morgan fingerprint density at radius 3 is 2.67 bits per heavy atom. The Kier molecular flexibility index (Phi) is 4.43. The molecular weight excluding hydrogens is 346 g/mol. The number of hydrogen-bond donors (Lipinski definition) is 0. The molecule has 0 saturated carbocycles. The summed E-state index contributed by atoms with van der Waals surface area (Å²) in [5.74, 6) is 1.87. The molecule has 0 spiro atoms. The maximum absolute atomic E-state index is 13.0. The van der Waals surface area contributed by atoms with E-state index in [2.05, 4.69) is 25.6 Å². The van der Waals surface area contributed by atoms with Gasteiger partial charge in [0, 0.05) is 23.6 Å². The van der Waals surface area contributed by atoms with Crippen molar-refractivity contribution in [2.24, 2.45) is 7.05 Å². The Bertz CT molecular complexity index is 945. The largest absolute Gasteiger partial charge is 0.337 e. The van der Waals surface area contributed by atoms with Gasteiger partial charge in [0.15, 0.2) is 5.82 Å². The van der Waals surface area contributed by atoms with Gasteiger partial charge < -0.3 is 9.42 Å². The van der Waals surface area contributed by atoms with Gasteiger partial charge in [-0.15, -0.1) is 10.2 Å². The molecule has 4 rings (SSSR count). The lowest BCUT2D eigenvalue weighted by Crippen LogP contribution is -2.30. The maximum atomic E-state index is 13.0. The number of nitrogens with zero attached hydrogens (tertiary/aromatic N) is 7. The highest BCUT2D eigenvalue weighted by Gasteiger charge is 2.34. The molecule has 1 unspecified atom stereocenters. The third-order valence-electron chi connectivity index (χ3n) is 4.67. The molecule has 2 aromatic heterocycles. The van der Waals surface area contributed by atoms with E-state index in [1.54, 1.807) is 19.2 Å². The van der Waals surface area contributed by atoms with Crippen LogP contribution in [0.3, 0.4) is 0 Å². The van der Waals surface area contributed by atoms with Crippen molar-refractivity contribution in [1.29, 1.82) is 0 Å². The molecule has 9 nitrogen and oxygen atoms in total. The molecular formula is C18H21N7O2. The van der Waals surface area contributed by atoms with Gasteiger partial charge in [0.2, 0.25) is 11.7 Å². The summed E-state index contributed by atoms with van der Waals surface area (Å²) in [5.41, 5.74) is 1.43. The minimum atomic E-state index is -0.168. The Balaban J connectivity index is 1.54. The third-order valence-corrected chi connectivity index (χ3v) is 4.67. The summed E-state index contributed by atoms with van der Waals surface area (Å²) < 4.78 is 5.42. The van der Waals surface area contributed by atoms with Gasteiger partial charge in [-0.1, -0.05) is 31.1 Å². The molecule has 1 saturated heterocycles. The Hall–Kier alpha value is -3.10. The normalized spacial score (nSPS) is 17.0. The van der Waals surface area contributed by atoms with Crippen molar-refractivity contribution in [3.8, 4) is 11.4 Å². The number of likely N-dealkylation sites (tertiary alicyclic amines) is 1. The minimum absolute atomic E-state index is 0.0412. The van der Waals surface area contributed by atoms with Crippen LogP contribution in [-0.4, -0.2) is 47.7 Å². The number of amides is 1. The number of rotatable bonds is 4. The SMILES string of the molecule is CC(C)c1noc(C2CCCN2C(=O)c2ccc(-c3nnn(C)n3)cc2)n1. The predicted octanol–water partition coefficient (Wildman–Crippen LogP) is 2.36. The van der Waals surface area contributed by atoms with E-state index < -0.39 is 0 Å². The number of carbonyl (C=O) groups is 1. The monoisotopic (exact) mass is 367 g/mol. The molecule has 0 bridgehead atoms. The lowest BCUT2D eigenvalue weighted by Gasteiger charge is -2.22. The molecule has 1 aromatic carbocycles. The Labute approximate surface area is 156 Å². The van der Waals surface area contributed by atoms with Crippen LogP contribution in [0, 0.1) is 0 Å². The fraction of sp³-hybridized carbons (Fsp3) is 0.444. The molecule has 27 heavy (non-hydrogen) atoms. The van der Waals surface area contributed by atoms with E-state index in [9.17, 15) is 4.79 Å². The molecule has 9 heteroatoms. The molecule has 1 aliphatic heterocycles. The number of hydrogen-bond acceptors (Lipinski definition) is 7. The second-order valence-electron chi connectivity index (χ2n) is 6.98. The Morgan fingerprint density at radius 1 is 1.26 bits per heavy atom. The van der Waals surface area contributed by atoms with Crippen LogP contribution in [0.5, 0.6) is 0 Å². The van der Waals surface area contributed by atoms with Crippen LogP contribution in [0.15, 0.2) is 28.8 Å². The summed E-state index contributed by atoms with van der Waals surface area (Å²) in [6, 6.07) is 7.07. The van der Waals surface area contributed by atoms with Gasteiger partial charge in [0.05, 0.1) is 7.05 Å². The van der Waals surface area contributed by atoms with Crippen LogP contribution < -0.4 is 0 Å². The molecule has 1 amide bonds. The van der Waals surface area contributed by atoms with E-state index >= 15 is 0 Å². The smallest absolute Gasteiger partial charge is 0.254 e. The third kappa shape index (κ3) is 3.32. The zero-order valence-electron chi connectivity index (χ0n) is 15.5. The van der Waals surface area contributed by atoms with Crippen molar-refractivity contribution >= 4 is 5.91 Å². The summed E-state index contributed by atoms with van der Waals surface area (Å²) in [6.07, 6.45) is 1.74. The highest BCUT2D eigenvalue weighted by Crippen LogP contribution is 2.33. The van der Waals surface area contributed by atoms with Crippen molar-refractivity contribution in [1.82, 2.24) is 35.2 Å². The van der Waals surface area contributed by atoms with Gasteiger partial charge in [0.1, 0.15) is 6.04 Å². The van der Waals surface area contributed by atoms with Crippen LogP contribution >= 0.6 is 0 Å². The lowest BCUT2D eigenvalue weighted by atomic mass is 10.1. The molecule has 140 valence electrons. The summed E-state index contributed by atoms with van der Waals surface area (Å²) >= 11 is 0. The average Bonchev–Trinajstić information content (AvgIpc) is 3.40. The van der Waals surface area contributed by atoms with Gasteiger partial charge in [-0.05, 0) is 30.2 Å². The van der Waals surface area contributed by atoms with Crippen molar-refractivity contribution < 1.29 is 9.32 Å². The number of benzene rings is 1. The zero-order chi connectivity index (χ0) is 19.0. The van der Waals surface area contributed by atoms with Crippen LogP contribution in [0.1, 0.15) is 60.7 Å². The molecule has 0 radical (unpaired) electrons. The zero-order valence-corrected chi connectivity index (χ0v) is 15.5. The first-order chi connectivity index (χ1) is 13.0. The highest BCUT2D eigenvalue weighted by atomic mass is 16.5. The molecule has 0 N–H and O–H groups in total. The second-order valence-corrected chi connectivity index (χ2v) is 6.98. The summed E-state index contributed by atoms with van der Waals surface area (Å²) in [4.78, 5) is 20.7. The number of aryl methyl sites for hydroxylation is 1. The highest BCUT2D eigenvalue weighted by molar-refractivity contribution is 5.95. The van der Waals surface area contributed by atoms with Crippen molar-refractivity contribution in [3.05, 3.63) is 41.5 Å². The first-order valence-corrected chi connectivity index (χ1v) is 9.02. The minimum Gasteiger partial charge on any atom is -0.337 e. The summed E-state index contributed by atoms with van der Waals surface area (Å²) in [6.45, 7) is 4.70. The quantitative estimate of drug-likeness (QED) is 0.697. The van der Waals surface area contributed by atoms with Crippen LogP contribution in [0.4, 0.5) is 0 Å². The fourth-order valence-electron chi connectivity index (χ4n) is 3.21. The molecule has 1 fully saturated rings. The average molecular weight is 367 g/mol. The van der Waals surface area contributed by atoms with Crippen LogP contribution in [0.2, 0.25) is 0 Å².